The maximum atomic E-state index is 2.30. The van der Waals surface area contributed by atoms with Crippen LogP contribution in [0.5, 0.6) is 0 Å². The third-order valence-electron chi connectivity index (χ3n) is 4.03. The van der Waals surface area contributed by atoms with Gasteiger partial charge < -0.3 is 0 Å². The van der Waals surface area contributed by atoms with Crippen LogP contribution in [0.15, 0.2) is 36.4 Å². The van der Waals surface area contributed by atoms with Crippen LogP contribution in [0.3, 0.4) is 0 Å². The molecular weight excluding hydrogens is 425 g/mol. The zero-order valence-electron chi connectivity index (χ0n) is 15.7. The van der Waals surface area contributed by atoms with Gasteiger partial charge in [-0.15, -0.1) is 0 Å². The summed E-state index contributed by atoms with van der Waals surface area (Å²) in [6, 6.07) is 11.0. The van der Waals surface area contributed by atoms with Gasteiger partial charge >= 0.3 is 130 Å². The zero-order valence-corrected chi connectivity index (χ0v) is 18.5. The average molecular weight is 452 g/mol. The van der Waals surface area contributed by atoms with Gasteiger partial charge in [0, 0.05) is 17.1 Å². The monoisotopic (exact) mass is 453 g/mol. The van der Waals surface area contributed by atoms with Crippen LogP contribution in [-0.4, -0.2) is 40.0 Å². The van der Waals surface area contributed by atoms with Crippen molar-refractivity contribution in [3.63, 3.8) is 0 Å². The maximum Gasteiger partial charge on any atom is 0 e. The largest absolute Gasteiger partial charge is 0.0312 e. The third-order valence-corrected chi connectivity index (χ3v) is 6.22. The van der Waals surface area contributed by atoms with Crippen molar-refractivity contribution in [2.45, 2.75) is 18.3 Å². The van der Waals surface area contributed by atoms with Crippen LogP contribution in [0, 0.1) is 62.1 Å². The number of hydrogen-bond acceptors (Lipinski definition) is 1. The second-order valence-electron chi connectivity index (χ2n) is 6.07. The third kappa shape index (κ3) is 8.76. The number of rotatable bonds is 6. The normalized spacial score (nSPS) is 19.4. The molecule has 26 heavy (non-hydrogen) atoms. The quantitative estimate of drug-likeness (QED) is 0.574. The molecule has 0 amide bonds. The van der Waals surface area contributed by atoms with E-state index in [1.165, 1.54) is 16.3 Å². The summed E-state index contributed by atoms with van der Waals surface area (Å²) in [6.45, 7) is 2.27. The molecule has 1 aromatic rings. The smallest absolute Gasteiger partial charge is 0 e. The summed E-state index contributed by atoms with van der Waals surface area (Å²) in [5.74, 6) is 1.49. The Labute approximate surface area is 179 Å². The molecule has 0 saturated heterocycles. The van der Waals surface area contributed by atoms with Crippen molar-refractivity contribution < 1.29 is 17.1 Å². The van der Waals surface area contributed by atoms with Crippen LogP contribution >= 0.6 is 0 Å². The Kier molecular flexibility index (Phi) is 12.9. The molecule has 2 fully saturated rings. The molecule has 1 atom stereocenters. The topological polar surface area (TPSA) is 3.24 Å². The van der Waals surface area contributed by atoms with Crippen LogP contribution in [-0.2, 0) is 17.1 Å². The first-order valence-corrected chi connectivity index (χ1v) is 10.7. The van der Waals surface area contributed by atoms with Gasteiger partial charge in [-0.1, -0.05) is 0 Å². The predicted molar refractivity (Wildman–Crippen MR) is 110 cm³/mol. The summed E-state index contributed by atoms with van der Waals surface area (Å²) in [7, 11) is 4.29. The Morgan fingerprint density at radius 1 is 0.923 bits per heavy atom. The van der Waals surface area contributed by atoms with E-state index >= 15 is 0 Å². The molecule has 0 aliphatic heterocycles. The van der Waals surface area contributed by atoms with E-state index in [-0.39, 0.29) is 17.1 Å². The molecular formula is C23H27FeNSe. The van der Waals surface area contributed by atoms with E-state index in [1.807, 2.05) is 32.1 Å². The molecule has 0 spiro atoms. The first-order chi connectivity index (χ1) is 12.2. The van der Waals surface area contributed by atoms with Gasteiger partial charge in [-0.3, -0.25) is 0 Å². The molecule has 10 radical (unpaired) electrons. The summed E-state index contributed by atoms with van der Waals surface area (Å²) < 4.78 is 0. The maximum absolute atomic E-state index is 2.30. The molecule has 0 unspecified atom stereocenters. The summed E-state index contributed by atoms with van der Waals surface area (Å²) >= 11 is 0.522. The van der Waals surface area contributed by atoms with Gasteiger partial charge in [-0.25, -0.2) is 0 Å². The van der Waals surface area contributed by atoms with Crippen molar-refractivity contribution >= 4 is 21.0 Å². The van der Waals surface area contributed by atoms with Crippen molar-refractivity contribution in [2.75, 3.05) is 14.1 Å². The minimum Gasteiger partial charge on any atom is -0.0312 e. The fourth-order valence-corrected chi connectivity index (χ4v) is 4.38. The summed E-state index contributed by atoms with van der Waals surface area (Å²) in [5.41, 5.74) is 1.28. The van der Waals surface area contributed by atoms with Crippen LogP contribution in [0.4, 0.5) is 0 Å². The van der Waals surface area contributed by atoms with Gasteiger partial charge in [0.2, 0.25) is 0 Å². The fraction of sp³-hybridized carbons (Fsp3) is 0.217. The molecule has 0 heterocycles. The van der Waals surface area contributed by atoms with E-state index in [4.69, 9.17) is 0 Å². The molecule has 0 aromatic heterocycles. The molecule has 2 aliphatic rings. The van der Waals surface area contributed by atoms with Crippen molar-refractivity contribution in [2.24, 2.45) is 0 Å². The van der Waals surface area contributed by atoms with Crippen LogP contribution in [0.1, 0.15) is 12.5 Å². The molecule has 1 nitrogen and oxygen atoms in total. The van der Waals surface area contributed by atoms with Crippen LogP contribution < -0.4 is 0 Å². The summed E-state index contributed by atoms with van der Waals surface area (Å²) in [5, 5.41) is 1.15. The molecule has 3 heteroatoms. The van der Waals surface area contributed by atoms with Gasteiger partial charge in [0.25, 0.3) is 0 Å². The van der Waals surface area contributed by atoms with E-state index in [9.17, 15) is 0 Å². The molecule has 2 saturated carbocycles. The Hall–Kier alpha value is -0.0410. The molecule has 2 aliphatic carbocycles. The van der Waals surface area contributed by atoms with Crippen molar-refractivity contribution in [1.29, 1.82) is 0 Å². The molecule has 138 valence electrons. The van der Waals surface area contributed by atoms with Gasteiger partial charge in [0.05, 0.1) is 0 Å². The van der Waals surface area contributed by atoms with E-state index in [0.29, 0.717) is 21.0 Å². The second kappa shape index (κ2) is 14.0. The number of hydrogen-bond donors (Lipinski definition) is 0. The van der Waals surface area contributed by atoms with E-state index in [2.05, 4.69) is 87.7 Å². The Bertz CT molecular complexity index is 477. The van der Waals surface area contributed by atoms with Crippen molar-refractivity contribution in [1.82, 2.24) is 4.90 Å². The summed E-state index contributed by atoms with van der Waals surface area (Å²) in [4.78, 5) is 3.81. The Balaban J connectivity index is 0.000000486. The first kappa shape index (κ1) is 24.0. The molecule has 0 bridgehead atoms. The average Bonchev–Trinajstić information content (AvgIpc) is 3.33. The zero-order chi connectivity index (χ0) is 17.9. The van der Waals surface area contributed by atoms with Crippen LogP contribution in [0.2, 0.25) is 5.32 Å². The first-order valence-electron chi connectivity index (χ1n) is 8.61. The van der Waals surface area contributed by atoms with Crippen LogP contribution in [0.25, 0.3) is 6.08 Å². The van der Waals surface area contributed by atoms with Crippen molar-refractivity contribution in [3.8, 4) is 0 Å². The Morgan fingerprint density at radius 3 is 2.12 bits per heavy atom. The van der Waals surface area contributed by atoms with E-state index in [1.54, 1.807) is 0 Å². The van der Waals surface area contributed by atoms with Gasteiger partial charge in [-0.05, 0) is 32.1 Å². The minimum absolute atomic E-state index is 0. The number of nitrogens with zero attached hydrogens (tertiary/aromatic N) is 1. The Morgan fingerprint density at radius 2 is 1.54 bits per heavy atom. The number of benzene rings is 1. The van der Waals surface area contributed by atoms with E-state index in [0.717, 1.165) is 5.32 Å². The molecule has 0 N–H and O–H groups in total. The molecule has 1 aromatic carbocycles. The molecule has 3 rings (SSSR count). The van der Waals surface area contributed by atoms with E-state index < -0.39 is 0 Å². The van der Waals surface area contributed by atoms with Gasteiger partial charge in [-0.2, -0.15) is 0 Å². The predicted octanol–water partition coefficient (Wildman–Crippen LogP) is 4.52. The number of allylic oxidation sites excluding steroid dienone is 1. The van der Waals surface area contributed by atoms with Gasteiger partial charge in [0.15, 0.2) is 0 Å². The SMILES string of the molecule is C[C@@H]([C]1[CH][CH][CH][C]1[Se]C/C=C/c1ccccc1)N(C)C.[CH]1[CH][CH][CH][CH]1.[Fe]. The second-order valence-corrected chi connectivity index (χ2v) is 8.30. The minimum atomic E-state index is 0. The fourth-order valence-electron chi connectivity index (χ4n) is 2.38. The van der Waals surface area contributed by atoms with Gasteiger partial charge in [0.1, 0.15) is 0 Å². The van der Waals surface area contributed by atoms with Crippen molar-refractivity contribution in [3.05, 3.63) is 104 Å². The summed E-state index contributed by atoms with van der Waals surface area (Å²) in [6.07, 6.45) is 21.3. The standard InChI is InChI=1S/C18H22NSe.C5H5.Fe/c1-15(19(2)3)17-12-7-13-18(17)20-14-8-11-16-9-5-4-6-10-16;1-2-4-5-3-1;/h4-13,15H,14H2,1-3H3;1-5H;/b11-8+;;/t15-;;/m0../s1.